The van der Waals surface area contributed by atoms with Crippen molar-refractivity contribution in [1.29, 1.82) is 0 Å². The summed E-state index contributed by atoms with van der Waals surface area (Å²) in [5, 5.41) is 2.74. The van der Waals surface area contributed by atoms with E-state index in [1.807, 2.05) is 6.92 Å². The number of ether oxygens (including phenoxy) is 2. The number of nitrogens with one attached hydrogen (secondary N) is 1. The van der Waals surface area contributed by atoms with Crippen LogP contribution in [0.1, 0.15) is 6.92 Å². The number of amides is 1. The van der Waals surface area contributed by atoms with E-state index < -0.39 is 0 Å². The monoisotopic (exact) mass is 390 g/mol. The smallest absolute Gasteiger partial charge is 0.273 e. The van der Waals surface area contributed by atoms with Crippen molar-refractivity contribution in [2.45, 2.75) is 17.8 Å². The SMILES string of the molecule is CCSc1nc2ncn(CC(=O)Nc3ccc4c(c3)OCO4)c(=O)c2s1. The molecule has 0 aliphatic carbocycles. The predicted octanol–water partition coefficient (Wildman–Crippen LogP) is 2.33. The number of rotatable bonds is 5. The van der Waals surface area contributed by atoms with Gasteiger partial charge in [-0.1, -0.05) is 18.7 Å². The molecule has 3 aromatic rings. The molecule has 134 valence electrons. The van der Waals surface area contributed by atoms with Crippen molar-refractivity contribution in [3.05, 3.63) is 34.9 Å². The lowest BCUT2D eigenvalue weighted by atomic mass is 10.3. The van der Waals surface area contributed by atoms with Crippen LogP contribution < -0.4 is 20.3 Å². The maximum Gasteiger partial charge on any atom is 0.273 e. The van der Waals surface area contributed by atoms with E-state index in [0.29, 0.717) is 27.5 Å². The molecule has 10 heteroatoms. The molecule has 2 aromatic heterocycles. The van der Waals surface area contributed by atoms with Crippen LogP contribution in [-0.4, -0.2) is 33.0 Å². The Morgan fingerprint density at radius 1 is 1.38 bits per heavy atom. The molecular weight excluding hydrogens is 376 g/mol. The first-order chi connectivity index (χ1) is 12.6. The van der Waals surface area contributed by atoms with E-state index in [1.165, 1.54) is 22.2 Å². The molecule has 3 heterocycles. The summed E-state index contributed by atoms with van der Waals surface area (Å²) in [6, 6.07) is 5.12. The number of nitrogens with zero attached hydrogens (tertiary/aromatic N) is 3. The van der Waals surface area contributed by atoms with Gasteiger partial charge in [-0.2, -0.15) is 0 Å². The fourth-order valence-corrected chi connectivity index (χ4v) is 4.39. The molecule has 1 amide bonds. The van der Waals surface area contributed by atoms with Gasteiger partial charge in [0, 0.05) is 11.8 Å². The number of fused-ring (bicyclic) bond motifs is 2. The van der Waals surface area contributed by atoms with Crippen LogP contribution in [0.5, 0.6) is 11.5 Å². The number of benzene rings is 1. The maximum atomic E-state index is 12.6. The Balaban J connectivity index is 1.52. The molecule has 0 spiro atoms. The Labute approximate surface area is 156 Å². The van der Waals surface area contributed by atoms with E-state index in [-0.39, 0.29) is 24.8 Å². The summed E-state index contributed by atoms with van der Waals surface area (Å²) in [7, 11) is 0. The van der Waals surface area contributed by atoms with Crippen molar-refractivity contribution in [3.63, 3.8) is 0 Å². The van der Waals surface area contributed by atoms with Gasteiger partial charge in [-0.05, 0) is 17.9 Å². The highest BCUT2D eigenvalue weighted by atomic mass is 32.2. The number of thioether (sulfide) groups is 1. The Bertz CT molecular complexity index is 1050. The van der Waals surface area contributed by atoms with Crippen LogP contribution in [0.3, 0.4) is 0 Å². The first-order valence-electron chi connectivity index (χ1n) is 7.82. The summed E-state index contributed by atoms with van der Waals surface area (Å²) >= 11 is 2.86. The van der Waals surface area contributed by atoms with Crippen LogP contribution >= 0.6 is 23.1 Å². The van der Waals surface area contributed by atoms with E-state index in [4.69, 9.17) is 9.47 Å². The van der Waals surface area contributed by atoms with Gasteiger partial charge in [0.2, 0.25) is 12.7 Å². The van der Waals surface area contributed by atoms with Gasteiger partial charge in [-0.3, -0.25) is 14.2 Å². The van der Waals surface area contributed by atoms with Gasteiger partial charge in [-0.15, -0.1) is 11.3 Å². The molecule has 1 aromatic carbocycles. The molecule has 1 N–H and O–H groups in total. The Kier molecular flexibility index (Phi) is 4.51. The van der Waals surface area contributed by atoms with Gasteiger partial charge in [0.25, 0.3) is 5.56 Å². The molecule has 0 fully saturated rings. The fraction of sp³-hybridized carbons (Fsp3) is 0.250. The summed E-state index contributed by atoms with van der Waals surface area (Å²) in [6.45, 7) is 2.05. The zero-order valence-electron chi connectivity index (χ0n) is 13.7. The predicted molar refractivity (Wildman–Crippen MR) is 99.3 cm³/mol. The zero-order valence-corrected chi connectivity index (χ0v) is 15.4. The highest BCUT2D eigenvalue weighted by Crippen LogP contribution is 2.34. The van der Waals surface area contributed by atoms with Gasteiger partial charge >= 0.3 is 0 Å². The molecule has 4 rings (SSSR count). The molecule has 0 saturated carbocycles. The van der Waals surface area contributed by atoms with Crippen LogP contribution in [-0.2, 0) is 11.3 Å². The van der Waals surface area contributed by atoms with E-state index in [1.54, 1.807) is 30.0 Å². The Hall–Kier alpha value is -2.59. The lowest BCUT2D eigenvalue weighted by Crippen LogP contribution is -2.27. The Morgan fingerprint density at radius 2 is 2.23 bits per heavy atom. The van der Waals surface area contributed by atoms with Crippen LogP contribution in [0.4, 0.5) is 5.69 Å². The van der Waals surface area contributed by atoms with Gasteiger partial charge in [0.15, 0.2) is 21.5 Å². The highest BCUT2D eigenvalue weighted by Gasteiger charge is 2.16. The van der Waals surface area contributed by atoms with Gasteiger partial charge in [-0.25, -0.2) is 9.97 Å². The third kappa shape index (κ3) is 3.25. The van der Waals surface area contributed by atoms with Crippen LogP contribution in [0.15, 0.2) is 33.7 Å². The second-order valence-corrected chi connectivity index (χ2v) is 7.87. The number of hydrogen-bond acceptors (Lipinski definition) is 8. The van der Waals surface area contributed by atoms with Gasteiger partial charge < -0.3 is 14.8 Å². The fourth-order valence-electron chi connectivity index (χ4n) is 2.45. The van der Waals surface area contributed by atoms with Crippen molar-refractivity contribution in [2.24, 2.45) is 0 Å². The van der Waals surface area contributed by atoms with Crippen LogP contribution in [0.2, 0.25) is 0 Å². The van der Waals surface area contributed by atoms with Crippen molar-refractivity contribution in [1.82, 2.24) is 14.5 Å². The summed E-state index contributed by atoms with van der Waals surface area (Å²) in [5.41, 5.74) is 0.723. The number of carbonyl (C=O) groups is 1. The summed E-state index contributed by atoms with van der Waals surface area (Å²) in [5.74, 6) is 1.75. The lowest BCUT2D eigenvalue weighted by molar-refractivity contribution is -0.116. The van der Waals surface area contributed by atoms with Crippen molar-refractivity contribution < 1.29 is 14.3 Å². The summed E-state index contributed by atoms with van der Waals surface area (Å²) < 4.78 is 13.1. The number of anilines is 1. The molecule has 0 bridgehead atoms. The third-order valence-electron chi connectivity index (χ3n) is 3.60. The normalized spacial score (nSPS) is 12.5. The van der Waals surface area contributed by atoms with E-state index in [9.17, 15) is 9.59 Å². The second-order valence-electron chi connectivity index (χ2n) is 5.36. The highest BCUT2D eigenvalue weighted by molar-refractivity contribution is 8.01. The molecular formula is C16H14N4O4S2. The number of carbonyl (C=O) groups excluding carboxylic acids is 1. The van der Waals surface area contributed by atoms with Crippen molar-refractivity contribution in [3.8, 4) is 11.5 Å². The number of thiazole rings is 1. The van der Waals surface area contributed by atoms with E-state index in [0.717, 1.165) is 10.1 Å². The van der Waals surface area contributed by atoms with Crippen LogP contribution in [0.25, 0.3) is 10.3 Å². The average Bonchev–Trinajstić information content (AvgIpc) is 3.24. The lowest BCUT2D eigenvalue weighted by Gasteiger charge is -2.07. The first kappa shape index (κ1) is 16.9. The minimum atomic E-state index is -0.334. The molecule has 0 saturated heterocycles. The number of aromatic nitrogens is 3. The molecule has 26 heavy (non-hydrogen) atoms. The Morgan fingerprint density at radius 3 is 3.08 bits per heavy atom. The molecule has 1 aliphatic rings. The summed E-state index contributed by atoms with van der Waals surface area (Å²) in [4.78, 5) is 33.3. The van der Waals surface area contributed by atoms with E-state index >= 15 is 0 Å². The average molecular weight is 390 g/mol. The second kappa shape index (κ2) is 6.96. The third-order valence-corrected chi connectivity index (χ3v) is 5.66. The number of hydrogen-bond donors (Lipinski definition) is 1. The minimum Gasteiger partial charge on any atom is -0.454 e. The molecule has 8 nitrogen and oxygen atoms in total. The largest absolute Gasteiger partial charge is 0.454 e. The zero-order chi connectivity index (χ0) is 18.1. The standard InChI is InChI=1S/C16H14N4O4S2/c1-2-25-16-19-14-13(26-16)15(22)20(7-17-14)6-12(21)18-9-3-4-10-11(5-9)24-8-23-10/h3-5,7H,2,6,8H2,1H3,(H,18,21). The first-order valence-corrected chi connectivity index (χ1v) is 9.62. The van der Waals surface area contributed by atoms with Crippen LogP contribution in [0, 0.1) is 0 Å². The molecule has 0 radical (unpaired) electrons. The van der Waals surface area contributed by atoms with Gasteiger partial charge in [0.1, 0.15) is 17.6 Å². The molecule has 0 unspecified atom stereocenters. The summed E-state index contributed by atoms with van der Waals surface area (Å²) in [6.07, 6.45) is 1.35. The molecule has 1 aliphatic heterocycles. The van der Waals surface area contributed by atoms with Crippen molar-refractivity contribution >= 4 is 45.0 Å². The van der Waals surface area contributed by atoms with Crippen molar-refractivity contribution in [2.75, 3.05) is 17.9 Å². The van der Waals surface area contributed by atoms with Gasteiger partial charge in [0.05, 0.1) is 0 Å². The minimum absolute atomic E-state index is 0.135. The molecule has 0 atom stereocenters. The topological polar surface area (TPSA) is 95.3 Å². The quantitative estimate of drug-likeness (QED) is 0.668. The van der Waals surface area contributed by atoms with E-state index in [2.05, 4.69) is 15.3 Å². The maximum absolute atomic E-state index is 12.6.